The van der Waals surface area contributed by atoms with Gasteiger partial charge in [-0.15, -0.1) is 0 Å². The van der Waals surface area contributed by atoms with Gasteiger partial charge in [-0.2, -0.15) is 5.10 Å². The second-order valence-corrected chi connectivity index (χ2v) is 4.87. The van der Waals surface area contributed by atoms with Gasteiger partial charge in [-0.3, -0.25) is 14.7 Å². The molecular weight excluding hydrogens is 240 g/mol. The van der Waals surface area contributed by atoms with E-state index >= 15 is 0 Å². The van der Waals surface area contributed by atoms with E-state index in [0.717, 1.165) is 17.9 Å². The highest BCUT2D eigenvalue weighted by atomic mass is 32.2. The molecule has 2 N–H and O–H groups in total. The van der Waals surface area contributed by atoms with Crippen molar-refractivity contribution in [2.24, 2.45) is 0 Å². The van der Waals surface area contributed by atoms with Crippen molar-refractivity contribution in [1.29, 1.82) is 0 Å². The molecule has 2 rings (SSSR count). The van der Waals surface area contributed by atoms with Gasteiger partial charge in [0, 0.05) is 30.8 Å². The Labute approximate surface area is 103 Å². The van der Waals surface area contributed by atoms with Crippen LogP contribution in [0.15, 0.2) is 6.20 Å². The molecule has 0 radical (unpaired) electrons. The zero-order chi connectivity index (χ0) is 12.3. The largest absolute Gasteiger partial charge is 0.332 e. The number of aromatic nitrogens is 2. The van der Waals surface area contributed by atoms with E-state index in [1.54, 1.807) is 11.1 Å². The third-order valence-corrected chi connectivity index (χ3v) is 3.44. The van der Waals surface area contributed by atoms with E-state index in [9.17, 15) is 9.59 Å². The fourth-order valence-corrected chi connectivity index (χ4v) is 2.39. The number of anilines is 1. The topological polar surface area (TPSA) is 78.1 Å². The van der Waals surface area contributed by atoms with E-state index in [4.69, 9.17) is 0 Å². The number of rotatable bonds is 4. The molecule has 0 atom stereocenters. The molecular formula is C10H14N4O2S. The zero-order valence-electron chi connectivity index (χ0n) is 9.52. The van der Waals surface area contributed by atoms with Gasteiger partial charge in [-0.05, 0) is 6.92 Å². The first kappa shape index (κ1) is 12.0. The van der Waals surface area contributed by atoms with Gasteiger partial charge >= 0.3 is 0 Å². The highest BCUT2D eigenvalue weighted by molar-refractivity contribution is 8.13. The van der Waals surface area contributed by atoms with E-state index in [-0.39, 0.29) is 11.1 Å². The summed E-state index contributed by atoms with van der Waals surface area (Å²) in [6, 6.07) is 0. The van der Waals surface area contributed by atoms with Crippen molar-refractivity contribution in [2.45, 2.75) is 13.3 Å². The SMILES string of the molecule is Cc1cn[nH]c1NC(=O)CCN1CCSC1=O. The zero-order valence-corrected chi connectivity index (χ0v) is 10.3. The van der Waals surface area contributed by atoms with Gasteiger partial charge in [0.1, 0.15) is 5.82 Å². The standard InChI is InChI=1S/C10H14N4O2S/c1-7-6-11-13-9(7)12-8(15)2-3-14-4-5-17-10(14)16/h6H,2-5H2,1H3,(H2,11,12,13,15). The number of aryl methyl sites for hydroxylation is 1. The Morgan fingerprint density at radius 1 is 1.71 bits per heavy atom. The highest BCUT2D eigenvalue weighted by Gasteiger charge is 2.21. The molecule has 92 valence electrons. The Balaban J connectivity index is 1.78. The maximum atomic E-state index is 11.6. The first-order chi connectivity index (χ1) is 8.16. The Morgan fingerprint density at radius 2 is 2.53 bits per heavy atom. The molecule has 1 aliphatic heterocycles. The van der Waals surface area contributed by atoms with Gasteiger partial charge in [0.05, 0.1) is 6.20 Å². The van der Waals surface area contributed by atoms with Crippen LogP contribution in [0.3, 0.4) is 0 Å². The second kappa shape index (κ2) is 5.22. The summed E-state index contributed by atoms with van der Waals surface area (Å²) < 4.78 is 0. The van der Waals surface area contributed by atoms with Gasteiger partial charge in [0.2, 0.25) is 5.91 Å². The number of hydrogen-bond acceptors (Lipinski definition) is 4. The van der Waals surface area contributed by atoms with Gasteiger partial charge in [-0.25, -0.2) is 0 Å². The fraction of sp³-hybridized carbons (Fsp3) is 0.500. The third-order valence-electron chi connectivity index (χ3n) is 2.55. The van der Waals surface area contributed by atoms with Gasteiger partial charge in [0.25, 0.3) is 5.24 Å². The van der Waals surface area contributed by atoms with Crippen LogP contribution >= 0.6 is 11.8 Å². The molecule has 1 fully saturated rings. The van der Waals surface area contributed by atoms with Crippen LogP contribution in [-0.4, -0.2) is 45.1 Å². The Hall–Kier alpha value is -1.50. The fourth-order valence-electron chi connectivity index (χ4n) is 1.54. The van der Waals surface area contributed by atoms with Crippen LogP contribution in [0, 0.1) is 6.92 Å². The molecule has 0 aromatic carbocycles. The number of aromatic amines is 1. The van der Waals surface area contributed by atoms with Crippen molar-refractivity contribution >= 4 is 28.7 Å². The van der Waals surface area contributed by atoms with Crippen molar-refractivity contribution in [3.8, 4) is 0 Å². The lowest BCUT2D eigenvalue weighted by molar-refractivity contribution is -0.116. The van der Waals surface area contributed by atoms with Crippen LogP contribution in [-0.2, 0) is 4.79 Å². The summed E-state index contributed by atoms with van der Waals surface area (Å²) in [5.74, 6) is 1.33. The predicted molar refractivity (Wildman–Crippen MR) is 66.0 cm³/mol. The summed E-state index contributed by atoms with van der Waals surface area (Å²) in [7, 11) is 0. The van der Waals surface area contributed by atoms with E-state index in [1.807, 2.05) is 6.92 Å². The second-order valence-electron chi connectivity index (χ2n) is 3.83. The number of nitrogens with zero attached hydrogens (tertiary/aromatic N) is 2. The van der Waals surface area contributed by atoms with E-state index in [1.165, 1.54) is 11.8 Å². The number of carbonyl (C=O) groups is 2. The first-order valence-corrected chi connectivity index (χ1v) is 6.37. The smallest absolute Gasteiger partial charge is 0.281 e. The van der Waals surface area contributed by atoms with Crippen LogP contribution in [0.25, 0.3) is 0 Å². The highest BCUT2D eigenvalue weighted by Crippen LogP contribution is 2.17. The number of nitrogens with one attached hydrogen (secondary N) is 2. The minimum Gasteiger partial charge on any atom is -0.332 e. The molecule has 17 heavy (non-hydrogen) atoms. The lowest BCUT2D eigenvalue weighted by atomic mass is 10.3. The van der Waals surface area contributed by atoms with Crippen molar-refractivity contribution in [1.82, 2.24) is 15.1 Å². The normalized spacial score (nSPS) is 15.4. The average molecular weight is 254 g/mol. The summed E-state index contributed by atoms with van der Waals surface area (Å²) in [5.41, 5.74) is 0.895. The van der Waals surface area contributed by atoms with Gasteiger partial charge in [0.15, 0.2) is 0 Å². The van der Waals surface area contributed by atoms with Crippen molar-refractivity contribution in [3.05, 3.63) is 11.8 Å². The molecule has 1 aromatic heterocycles. The number of hydrogen-bond donors (Lipinski definition) is 2. The first-order valence-electron chi connectivity index (χ1n) is 5.38. The predicted octanol–water partition coefficient (Wildman–Crippen LogP) is 1.22. The van der Waals surface area contributed by atoms with Crippen LogP contribution in [0.5, 0.6) is 0 Å². The summed E-state index contributed by atoms with van der Waals surface area (Å²) in [5, 5.41) is 9.32. The Bertz CT molecular complexity index is 432. The van der Waals surface area contributed by atoms with Crippen molar-refractivity contribution in [2.75, 3.05) is 24.2 Å². The number of thioether (sulfide) groups is 1. The monoisotopic (exact) mass is 254 g/mol. The van der Waals surface area contributed by atoms with Crippen LogP contribution in [0.2, 0.25) is 0 Å². The van der Waals surface area contributed by atoms with E-state index in [2.05, 4.69) is 15.5 Å². The molecule has 0 aliphatic carbocycles. The molecule has 0 saturated carbocycles. The van der Waals surface area contributed by atoms with Crippen molar-refractivity contribution < 1.29 is 9.59 Å². The van der Waals surface area contributed by atoms with Crippen molar-refractivity contribution in [3.63, 3.8) is 0 Å². The minimum atomic E-state index is -0.109. The van der Waals surface area contributed by atoms with Crippen LogP contribution in [0.1, 0.15) is 12.0 Å². The van der Waals surface area contributed by atoms with E-state index < -0.39 is 0 Å². The third kappa shape index (κ3) is 3.00. The molecule has 6 nitrogen and oxygen atoms in total. The molecule has 0 unspecified atom stereocenters. The lowest BCUT2D eigenvalue weighted by Crippen LogP contribution is -2.27. The summed E-state index contributed by atoms with van der Waals surface area (Å²) in [6.07, 6.45) is 1.96. The molecule has 0 bridgehead atoms. The molecule has 1 saturated heterocycles. The Kier molecular flexibility index (Phi) is 3.68. The summed E-state index contributed by atoms with van der Waals surface area (Å²) in [4.78, 5) is 24.6. The van der Waals surface area contributed by atoms with Gasteiger partial charge < -0.3 is 10.2 Å². The molecule has 7 heteroatoms. The molecule has 1 aromatic rings. The maximum absolute atomic E-state index is 11.6. The molecule has 0 spiro atoms. The molecule has 1 aliphatic rings. The van der Waals surface area contributed by atoms with Crippen LogP contribution in [0.4, 0.5) is 10.6 Å². The summed E-state index contributed by atoms with van der Waals surface area (Å²) in [6.45, 7) is 3.07. The molecule has 2 amide bonds. The number of carbonyl (C=O) groups excluding carboxylic acids is 2. The van der Waals surface area contributed by atoms with Gasteiger partial charge in [-0.1, -0.05) is 11.8 Å². The van der Waals surface area contributed by atoms with E-state index in [0.29, 0.717) is 18.8 Å². The maximum Gasteiger partial charge on any atom is 0.281 e. The number of H-pyrrole nitrogens is 1. The Morgan fingerprint density at radius 3 is 3.12 bits per heavy atom. The van der Waals surface area contributed by atoms with Crippen LogP contribution < -0.4 is 5.32 Å². The number of amides is 2. The average Bonchev–Trinajstić information content (AvgIpc) is 2.86. The lowest BCUT2D eigenvalue weighted by Gasteiger charge is -2.13. The summed E-state index contributed by atoms with van der Waals surface area (Å²) >= 11 is 1.30. The minimum absolute atomic E-state index is 0.0653. The molecule has 2 heterocycles. The quantitative estimate of drug-likeness (QED) is 0.846.